The summed E-state index contributed by atoms with van der Waals surface area (Å²) in [6.07, 6.45) is 0.517. The van der Waals surface area contributed by atoms with Crippen molar-refractivity contribution in [3.8, 4) is 39.7 Å². The molecule has 0 aliphatic carbocycles. The van der Waals surface area contributed by atoms with E-state index in [2.05, 4.69) is 84.1 Å². The summed E-state index contributed by atoms with van der Waals surface area (Å²) < 4.78 is 19.9. The van der Waals surface area contributed by atoms with Gasteiger partial charge in [0.1, 0.15) is 6.61 Å². The summed E-state index contributed by atoms with van der Waals surface area (Å²) in [6.45, 7) is 3.64. The predicted molar refractivity (Wildman–Crippen MR) is 203 cm³/mol. The quantitative estimate of drug-likeness (QED) is 0.0435. The van der Waals surface area contributed by atoms with Gasteiger partial charge >= 0.3 is 12.0 Å². The molecule has 0 radical (unpaired) electrons. The maximum Gasteiger partial charge on any atom is 0.337 e. The first-order chi connectivity index (χ1) is 25.3. The number of carbonyl (C=O) groups is 2. The number of rotatable bonds is 13. The first kappa shape index (κ1) is 36.0. The SMILES string of the molecule is CCOc1cc([C@H]2NC(=O)NC(C)=C2C(=O)OC)ccc1OC[C@@H](O)N/N=C/c1cc(-c2ccccc2)n(-c2ccc(Br)cc2)c1-c1ccccc1. The number of allylic oxidation sites excluding steroid dienone is 1. The second-order valence-corrected chi connectivity index (χ2v) is 12.7. The zero-order valence-corrected chi connectivity index (χ0v) is 30.4. The lowest BCUT2D eigenvalue weighted by molar-refractivity contribution is -0.136. The van der Waals surface area contributed by atoms with Gasteiger partial charge in [-0.2, -0.15) is 5.10 Å². The van der Waals surface area contributed by atoms with Crippen LogP contribution in [0.1, 0.15) is 31.0 Å². The van der Waals surface area contributed by atoms with E-state index in [1.54, 1.807) is 31.3 Å². The van der Waals surface area contributed by atoms with Crippen molar-refractivity contribution in [1.82, 2.24) is 20.6 Å². The third kappa shape index (κ3) is 8.03. The van der Waals surface area contributed by atoms with Crippen LogP contribution in [0.25, 0.3) is 28.2 Å². The van der Waals surface area contributed by atoms with Gasteiger partial charge in [-0.3, -0.25) is 5.43 Å². The summed E-state index contributed by atoms with van der Waals surface area (Å²) in [5, 5.41) is 20.7. The van der Waals surface area contributed by atoms with Crippen LogP contribution >= 0.6 is 15.9 Å². The number of hydrogen-bond donors (Lipinski definition) is 4. The number of methoxy groups -OCH3 is 1. The van der Waals surface area contributed by atoms with Gasteiger partial charge in [0.05, 0.1) is 42.9 Å². The molecular formula is C40H38BrN5O6. The molecule has 12 heteroatoms. The minimum Gasteiger partial charge on any atom is -0.490 e. The molecule has 4 N–H and O–H groups in total. The van der Waals surface area contributed by atoms with Crippen molar-refractivity contribution in [3.05, 3.63) is 136 Å². The standard InChI is InChI=1S/C40H38BrN5O6/c1-4-51-34-22-28(37-36(39(48)50-3)25(2)43-40(49)44-37)15-20-33(34)52-24-35(47)45-42-23-29-21-32(26-11-7-5-8-12-26)46(31-18-16-30(41)17-19-31)38(29)27-13-9-6-10-14-27/h5-23,35,37,45,47H,4,24H2,1-3H3,(H2,43,44,49)/b42-23+/t35-,37-/m1/s1. The number of aromatic nitrogens is 1. The molecule has 2 heterocycles. The number of urea groups is 1. The smallest absolute Gasteiger partial charge is 0.337 e. The summed E-state index contributed by atoms with van der Waals surface area (Å²) in [4.78, 5) is 24.9. The van der Waals surface area contributed by atoms with Gasteiger partial charge in [0.15, 0.2) is 17.7 Å². The van der Waals surface area contributed by atoms with Crippen LogP contribution in [0.2, 0.25) is 0 Å². The third-order valence-electron chi connectivity index (χ3n) is 8.33. The lowest BCUT2D eigenvalue weighted by Gasteiger charge is -2.28. The number of aliphatic hydroxyl groups excluding tert-OH is 1. The molecular weight excluding hydrogens is 726 g/mol. The van der Waals surface area contributed by atoms with Crippen LogP contribution in [-0.4, -0.2) is 54.4 Å². The highest BCUT2D eigenvalue weighted by Gasteiger charge is 2.32. The molecule has 2 atom stereocenters. The zero-order chi connectivity index (χ0) is 36.6. The summed E-state index contributed by atoms with van der Waals surface area (Å²) in [7, 11) is 1.28. The largest absolute Gasteiger partial charge is 0.490 e. The minimum absolute atomic E-state index is 0.159. The Morgan fingerprint density at radius 3 is 2.33 bits per heavy atom. The molecule has 2 amide bonds. The fraction of sp³-hybridized carbons (Fsp3) is 0.175. The molecule has 5 aromatic rings. The lowest BCUT2D eigenvalue weighted by Crippen LogP contribution is -2.45. The number of nitrogens with zero attached hydrogens (tertiary/aromatic N) is 2. The van der Waals surface area contributed by atoms with Crippen LogP contribution in [0.3, 0.4) is 0 Å². The van der Waals surface area contributed by atoms with Crippen LogP contribution in [0.15, 0.2) is 130 Å². The van der Waals surface area contributed by atoms with E-state index in [1.807, 2.05) is 55.5 Å². The van der Waals surface area contributed by atoms with Gasteiger partial charge in [-0.05, 0) is 73.0 Å². The van der Waals surface area contributed by atoms with Crippen molar-refractivity contribution < 1.29 is 28.9 Å². The van der Waals surface area contributed by atoms with E-state index < -0.39 is 24.3 Å². The Morgan fingerprint density at radius 2 is 1.65 bits per heavy atom. The highest BCUT2D eigenvalue weighted by Crippen LogP contribution is 2.37. The van der Waals surface area contributed by atoms with Crippen LogP contribution in [0, 0.1) is 0 Å². The van der Waals surface area contributed by atoms with Crippen molar-refractivity contribution in [1.29, 1.82) is 0 Å². The number of halogens is 1. The van der Waals surface area contributed by atoms with Crippen molar-refractivity contribution in [2.24, 2.45) is 5.10 Å². The van der Waals surface area contributed by atoms with Gasteiger partial charge in [0.25, 0.3) is 0 Å². The second kappa shape index (κ2) is 16.4. The van der Waals surface area contributed by atoms with Crippen molar-refractivity contribution in [2.45, 2.75) is 26.1 Å². The molecule has 11 nitrogen and oxygen atoms in total. The van der Waals surface area contributed by atoms with E-state index in [0.717, 1.165) is 38.2 Å². The first-order valence-electron chi connectivity index (χ1n) is 16.6. The fourth-order valence-corrected chi connectivity index (χ4v) is 6.28. The van der Waals surface area contributed by atoms with Gasteiger partial charge in [0.2, 0.25) is 0 Å². The van der Waals surface area contributed by atoms with Crippen LogP contribution in [-0.2, 0) is 9.53 Å². The number of benzene rings is 4. The summed E-state index contributed by atoms with van der Waals surface area (Å²) in [5.74, 6) is 0.169. The normalized spacial score (nSPS) is 14.8. The molecule has 4 aromatic carbocycles. The number of carbonyl (C=O) groups excluding carboxylic acids is 2. The molecule has 52 heavy (non-hydrogen) atoms. The maximum atomic E-state index is 12.6. The molecule has 0 saturated carbocycles. The molecule has 0 bridgehead atoms. The van der Waals surface area contributed by atoms with E-state index in [-0.39, 0.29) is 12.2 Å². The van der Waals surface area contributed by atoms with Gasteiger partial charge in [0, 0.05) is 21.4 Å². The molecule has 0 fully saturated rings. The number of hydrogen-bond acceptors (Lipinski definition) is 8. The van der Waals surface area contributed by atoms with Crippen LogP contribution in [0.5, 0.6) is 11.5 Å². The minimum atomic E-state index is -1.17. The van der Waals surface area contributed by atoms with Gasteiger partial charge in [-0.25, -0.2) is 9.59 Å². The van der Waals surface area contributed by atoms with E-state index in [0.29, 0.717) is 29.4 Å². The highest BCUT2D eigenvalue weighted by molar-refractivity contribution is 9.10. The van der Waals surface area contributed by atoms with Gasteiger partial charge in [-0.1, -0.05) is 82.7 Å². The van der Waals surface area contributed by atoms with Gasteiger partial charge < -0.3 is 34.5 Å². The fourth-order valence-electron chi connectivity index (χ4n) is 6.01. The average molecular weight is 765 g/mol. The van der Waals surface area contributed by atoms with Crippen molar-refractivity contribution in [2.75, 3.05) is 20.3 Å². The molecule has 6 rings (SSSR count). The summed E-state index contributed by atoms with van der Waals surface area (Å²) >= 11 is 3.56. The molecule has 266 valence electrons. The maximum absolute atomic E-state index is 12.6. The van der Waals surface area contributed by atoms with E-state index in [9.17, 15) is 14.7 Å². The molecule has 0 saturated heterocycles. The zero-order valence-electron chi connectivity index (χ0n) is 28.8. The van der Waals surface area contributed by atoms with Gasteiger partial charge in [-0.15, -0.1) is 0 Å². The monoisotopic (exact) mass is 763 g/mol. The van der Waals surface area contributed by atoms with E-state index in [4.69, 9.17) is 14.2 Å². The molecule has 1 aromatic heterocycles. The third-order valence-corrected chi connectivity index (χ3v) is 8.86. The highest BCUT2D eigenvalue weighted by atomic mass is 79.9. The van der Waals surface area contributed by atoms with Crippen LogP contribution in [0.4, 0.5) is 4.79 Å². The molecule has 0 unspecified atom stereocenters. The van der Waals surface area contributed by atoms with Crippen molar-refractivity contribution >= 4 is 34.1 Å². The number of esters is 1. The Bertz CT molecular complexity index is 2100. The van der Waals surface area contributed by atoms with Crippen molar-refractivity contribution in [3.63, 3.8) is 0 Å². The summed E-state index contributed by atoms with van der Waals surface area (Å²) in [6, 6.07) is 34.3. The van der Waals surface area contributed by atoms with Crippen LogP contribution < -0.4 is 25.5 Å². The molecule has 1 aliphatic heterocycles. The Kier molecular flexibility index (Phi) is 11.4. The average Bonchev–Trinajstić information content (AvgIpc) is 3.54. The number of nitrogens with one attached hydrogen (secondary N) is 3. The second-order valence-electron chi connectivity index (χ2n) is 11.8. The number of aliphatic hydroxyl groups is 1. The Hall–Kier alpha value is -5.85. The topological polar surface area (TPSA) is 135 Å². The Morgan fingerprint density at radius 1 is 0.962 bits per heavy atom. The number of ether oxygens (including phenoxy) is 3. The summed E-state index contributed by atoms with van der Waals surface area (Å²) in [5.41, 5.74) is 9.80. The Balaban J connectivity index is 1.24. The van der Waals surface area contributed by atoms with E-state index in [1.165, 1.54) is 7.11 Å². The van der Waals surface area contributed by atoms with E-state index >= 15 is 0 Å². The lowest BCUT2D eigenvalue weighted by atomic mass is 9.95. The predicted octanol–water partition coefficient (Wildman–Crippen LogP) is 7.09. The number of hydrazone groups is 1. The first-order valence-corrected chi connectivity index (χ1v) is 17.4. The Labute approximate surface area is 310 Å². The molecule has 1 aliphatic rings. The molecule has 0 spiro atoms. The number of amides is 2.